The van der Waals surface area contributed by atoms with E-state index >= 15 is 0 Å². The van der Waals surface area contributed by atoms with Gasteiger partial charge in [0.25, 0.3) is 0 Å². The first-order chi connectivity index (χ1) is 6.59. The summed E-state index contributed by atoms with van der Waals surface area (Å²) in [7, 11) is -0.370. The van der Waals surface area contributed by atoms with E-state index in [0.29, 0.717) is 5.41 Å². The monoisotopic (exact) mass is 196 g/mol. The normalized spacial score (nSPS) is 41.4. The molecule has 1 heterocycles. The van der Waals surface area contributed by atoms with E-state index in [9.17, 15) is 5.02 Å². The summed E-state index contributed by atoms with van der Waals surface area (Å²) in [5, 5.41) is 15.8. The minimum atomic E-state index is -0.370. The molecule has 0 spiro atoms. The molecule has 0 aromatic rings. The van der Waals surface area contributed by atoms with Crippen LogP contribution in [0.2, 0.25) is 6.82 Å². The Balaban J connectivity index is 1.86. The molecule has 1 saturated heterocycles. The summed E-state index contributed by atoms with van der Waals surface area (Å²) in [4.78, 5) is 0. The molecule has 1 aliphatic heterocycles. The van der Waals surface area contributed by atoms with Gasteiger partial charge in [-0.25, -0.2) is 0 Å². The van der Waals surface area contributed by atoms with E-state index in [2.05, 4.69) is 17.5 Å². The van der Waals surface area contributed by atoms with Gasteiger partial charge in [0, 0.05) is 0 Å². The standard InChI is InChI=1S/C10H21BN2O/c1-10(7-13-11(2)14)3-8-5-12-6-9(8)4-10/h8-9,12-14H,3-7H2,1-2H3/t8-,9+,10?. The molecule has 2 fully saturated rings. The summed E-state index contributed by atoms with van der Waals surface area (Å²) < 4.78 is 0. The lowest BCUT2D eigenvalue weighted by Crippen LogP contribution is -2.39. The highest BCUT2D eigenvalue weighted by atomic mass is 16.2. The molecule has 80 valence electrons. The predicted octanol–water partition coefficient (Wildman–Crippen LogP) is 0.322. The molecule has 2 aliphatic rings. The molecule has 0 amide bonds. The maximum Gasteiger partial charge on any atom is 0.373 e. The van der Waals surface area contributed by atoms with Crippen molar-refractivity contribution < 1.29 is 5.02 Å². The highest BCUT2D eigenvalue weighted by Gasteiger charge is 2.43. The van der Waals surface area contributed by atoms with Crippen LogP contribution in [0.25, 0.3) is 0 Å². The summed E-state index contributed by atoms with van der Waals surface area (Å²) in [5.41, 5.74) is 0.411. The van der Waals surface area contributed by atoms with Gasteiger partial charge in [-0.15, -0.1) is 0 Å². The lowest BCUT2D eigenvalue weighted by Gasteiger charge is -2.26. The maximum atomic E-state index is 9.21. The molecule has 0 aromatic carbocycles. The average molecular weight is 196 g/mol. The van der Waals surface area contributed by atoms with Crippen LogP contribution in [0.3, 0.4) is 0 Å². The topological polar surface area (TPSA) is 44.3 Å². The Hall–Kier alpha value is -0.0551. The summed E-state index contributed by atoms with van der Waals surface area (Å²) in [6.07, 6.45) is 2.62. The molecule has 4 heteroatoms. The average Bonchev–Trinajstić information content (AvgIpc) is 2.59. The minimum absolute atomic E-state index is 0.370. The van der Waals surface area contributed by atoms with Gasteiger partial charge in [-0.05, 0) is 56.5 Å². The fourth-order valence-corrected chi connectivity index (χ4v) is 3.15. The highest BCUT2D eigenvalue weighted by molar-refractivity contribution is 6.45. The third-order valence-electron chi connectivity index (χ3n) is 3.81. The van der Waals surface area contributed by atoms with Crippen LogP contribution < -0.4 is 10.5 Å². The molecule has 0 bridgehead atoms. The van der Waals surface area contributed by atoms with Crippen molar-refractivity contribution in [2.75, 3.05) is 19.6 Å². The van der Waals surface area contributed by atoms with Gasteiger partial charge in [0.15, 0.2) is 0 Å². The van der Waals surface area contributed by atoms with Crippen molar-refractivity contribution in [2.45, 2.75) is 26.6 Å². The Morgan fingerprint density at radius 1 is 1.43 bits per heavy atom. The van der Waals surface area contributed by atoms with Gasteiger partial charge in [-0.2, -0.15) is 0 Å². The predicted molar refractivity (Wildman–Crippen MR) is 59.0 cm³/mol. The first-order valence-electron chi connectivity index (χ1n) is 5.71. The molecule has 3 atom stereocenters. The van der Waals surface area contributed by atoms with E-state index in [1.165, 1.54) is 25.9 Å². The van der Waals surface area contributed by atoms with Gasteiger partial charge in [0.1, 0.15) is 0 Å². The van der Waals surface area contributed by atoms with Gasteiger partial charge >= 0.3 is 7.05 Å². The Morgan fingerprint density at radius 2 is 2.00 bits per heavy atom. The Labute approximate surface area is 86.8 Å². The van der Waals surface area contributed by atoms with Crippen molar-refractivity contribution in [3.8, 4) is 0 Å². The molecule has 1 unspecified atom stereocenters. The van der Waals surface area contributed by atoms with E-state index in [4.69, 9.17) is 0 Å². The zero-order valence-corrected chi connectivity index (χ0v) is 9.21. The summed E-state index contributed by atoms with van der Waals surface area (Å²) in [6.45, 7) is 7.50. The third-order valence-corrected chi connectivity index (χ3v) is 3.81. The molecule has 3 nitrogen and oxygen atoms in total. The number of nitrogens with one attached hydrogen (secondary N) is 2. The van der Waals surface area contributed by atoms with Crippen LogP contribution in [0, 0.1) is 17.3 Å². The first kappa shape index (κ1) is 10.5. The van der Waals surface area contributed by atoms with Crippen LogP contribution in [-0.4, -0.2) is 31.7 Å². The minimum Gasteiger partial charge on any atom is -0.437 e. The molecule has 0 aromatic heterocycles. The number of rotatable bonds is 3. The number of hydrogen-bond donors (Lipinski definition) is 3. The number of fused-ring (bicyclic) bond motifs is 1. The van der Waals surface area contributed by atoms with Crippen molar-refractivity contribution in [2.24, 2.45) is 17.3 Å². The lowest BCUT2D eigenvalue weighted by atomic mass is 9.81. The maximum absolute atomic E-state index is 9.21. The molecular weight excluding hydrogens is 175 g/mol. The van der Waals surface area contributed by atoms with Crippen LogP contribution in [0.4, 0.5) is 0 Å². The fraction of sp³-hybridized carbons (Fsp3) is 1.00. The van der Waals surface area contributed by atoms with Crippen molar-refractivity contribution in [3.63, 3.8) is 0 Å². The van der Waals surface area contributed by atoms with Gasteiger partial charge in [-0.1, -0.05) is 6.92 Å². The van der Waals surface area contributed by atoms with Gasteiger partial charge in [0.2, 0.25) is 0 Å². The van der Waals surface area contributed by atoms with Gasteiger partial charge in [-0.3, -0.25) is 0 Å². The molecular formula is C10H21BN2O. The van der Waals surface area contributed by atoms with E-state index in [-0.39, 0.29) is 7.05 Å². The van der Waals surface area contributed by atoms with Crippen molar-refractivity contribution in [1.29, 1.82) is 0 Å². The fourth-order valence-electron chi connectivity index (χ4n) is 3.15. The van der Waals surface area contributed by atoms with E-state index in [1.807, 2.05) is 0 Å². The Morgan fingerprint density at radius 3 is 2.50 bits per heavy atom. The quantitative estimate of drug-likeness (QED) is 0.569. The van der Waals surface area contributed by atoms with E-state index in [0.717, 1.165) is 18.4 Å². The summed E-state index contributed by atoms with van der Waals surface area (Å²) in [5.74, 6) is 1.77. The summed E-state index contributed by atoms with van der Waals surface area (Å²) in [6, 6.07) is 0. The molecule has 1 aliphatic carbocycles. The molecule has 1 saturated carbocycles. The Bertz CT molecular complexity index is 198. The van der Waals surface area contributed by atoms with Gasteiger partial charge in [0.05, 0.1) is 0 Å². The van der Waals surface area contributed by atoms with Crippen LogP contribution in [0.1, 0.15) is 19.8 Å². The zero-order valence-electron chi connectivity index (χ0n) is 9.21. The van der Waals surface area contributed by atoms with E-state index in [1.54, 1.807) is 6.82 Å². The zero-order chi connectivity index (χ0) is 10.2. The third kappa shape index (κ3) is 2.13. The van der Waals surface area contributed by atoms with Crippen LogP contribution in [0.15, 0.2) is 0 Å². The van der Waals surface area contributed by atoms with Crippen molar-refractivity contribution in [1.82, 2.24) is 10.5 Å². The number of hydrogen-bond acceptors (Lipinski definition) is 3. The largest absolute Gasteiger partial charge is 0.437 e. The molecule has 14 heavy (non-hydrogen) atoms. The Kier molecular flexibility index (Phi) is 2.87. The van der Waals surface area contributed by atoms with Crippen LogP contribution in [-0.2, 0) is 0 Å². The van der Waals surface area contributed by atoms with Crippen LogP contribution >= 0.6 is 0 Å². The SMILES string of the molecule is CB(O)NCC1(C)C[C@H]2CNC[C@H]2C1. The lowest BCUT2D eigenvalue weighted by molar-refractivity contribution is 0.304. The molecule has 2 rings (SSSR count). The van der Waals surface area contributed by atoms with Crippen LogP contribution in [0.5, 0.6) is 0 Å². The second kappa shape index (κ2) is 3.84. The van der Waals surface area contributed by atoms with Crippen molar-refractivity contribution >= 4 is 7.05 Å². The highest BCUT2D eigenvalue weighted by Crippen LogP contribution is 2.46. The van der Waals surface area contributed by atoms with Gasteiger partial charge < -0.3 is 15.6 Å². The van der Waals surface area contributed by atoms with E-state index < -0.39 is 0 Å². The molecule has 0 radical (unpaired) electrons. The second-order valence-corrected chi connectivity index (χ2v) is 5.45. The smallest absolute Gasteiger partial charge is 0.373 e. The second-order valence-electron chi connectivity index (χ2n) is 5.45. The first-order valence-corrected chi connectivity index (χ1v) is 5.71. The van der Waals surface area contributed by atoms with Crippen molar-refractivity contribution in [3.05, 3.63) is 0 Å². The molecule has 3 N–H and O–H groups in total. The summed E-state index contributed by atoms with van der Waals surface area (Å²) >= 11 is 0.